The molecule has 25 heavy (non-hydrogen) atoms. The third-order valence-corrected chi connectivity index (χ3v) is 4.95. The van der Waals surface area contributed by atoms with Gasteiger partial charge in [0.25, 0.3) is 0 Å². The smallest absolute Gasteiger partial charge is 0.227 e. The van der Waals surface area contributed by atoms with Crippen molar-refractivity contribution in [3.8, 4) is 0 Å². The van der Waals surface area contributed by atoms with Crippen LogP contribution < -0.4 is 0 Å². The number of piperidine rings is 1. The van der Waals surface area contributed by atoms with Crippen LogP contribution in [0.3, 0.4) is 0 Å². The van der Waals surface area contributed by atoms with E-state index in [9.17, 15) is 4.79 Å². The van der Waals surface area contributed by atoms with Gasteiger partial charge in [-0.1, -0.05) is 20.8 Å². The Balaban J connectivity index is 1.76. The standard InChI is InChI=1S/C19H23N5O/c1-19(2,3)18(25)24-8-4-5-12(10-24)16-15-13-6-7-20-17(13)21-9-14(15)22-11-23-16/h6-7,9,11-12H,4-5,8,10H2,1-3H3,(H,20,21). The molecule has 0 radical (unpaired) electrons. The molecule has 1 saturated heterocycles. The van der Waals surface area contributed by atoms with E-state index in [1.165, 1.54) is 0 Å². The number of aromatic nitrogens is 4. The Morgan fingerprint density at radius 3 is 2.92 bits per heavy atom. The van der Waals surface area contributed by atoms with Gasteiger partial charge in [-0.2, -0.15) is 0 Å². The first-order valence-electron chi connectivity index (χ1n) is 8.81. The van der Waals surface area contributed by atoms with Crippen molar-refractivity contribution in [2.75, 3.05) is 13.1 Å². The largest absolute Gasteiger partial charge is 0.346 e. The van der Waals surface area contributed by atoms with E-state index in [4.69, 9.17) is 0 Å². The molecular formula is C19H23N5O. The van der Waals surface area contributed by atoms with Gasteiger partial charge in [0, 0.05) is 41.4 Å². The van der Waals surface area contributed by atoms with Crippen molar-refractivity contribution in [2.24, 2.45) is 5.41 Å². The highest BCUT2D eigenvalue weighted by molar-refractivity contribution is 6.04. The molecule has 3 aromatic rings. The summed E-state index contributed by atoms with van der Waals surface area (Å²) in [4.78, 5) is 31.3. The summed E-state index contributed by atoms with van der Waals surface area (Å²) in [6, 6.07) is 2.03. The molecule has 0 bridgehead atoms. The topological polar surface area (TPSA) is 74.8 Å². The third-order valence-electron chi connectivity index (χ3n) is 4.95. The Hall–Kier alpha value is -2.50. The zero-order chi connectivity index (χ0) is 17.6. The molecule has 1 unspecified atom stereocenters. The molecular weight excluding hydrogens is 314 g/mol. The van der Waals surface area contributed by atoms with Gasteiger partial charge in [0.1, 0.15) is 12.0 Å². The molecule has 1 amide bonds. The lowest BCUT2D eigenvalue weighted by Gasteiger charge is -2.36. The van der Waals surface area contributed by atoms with Crippen LogP contribution in [0.15, 0.2) is 24.8 Å². The van der Waals surface area contributed by atoms with Gasteiger partial charge in [0.15, 0.2) is 0 Å². The minimum absolute atomic E-state index is 0.212. The molecule has 130 valence electrons. The molecule has 1 fully saturated rings. The van der Waals surface area contributed by atoms with Crippen molar-refractivity contribution in [2.45, 2.75) is 39.5 Å². The van der Waals surface area contributed by atoms with E-state index in [0.29, 0.717) is 0 Å². The van der Waals surface area contributed by atoms with E-state index < -0.39 is 0 Å². The second-order valence-corrected chi connectivity index (χ2v) is 7.86. The molecule has 0 spiro atoms. The minimum Gasteiger partial charge on any atom is -0.346 e. The SMILES string of the molecule is CC(C)(C)C(=O)N1CCCC(c2ncnc3cnc4[nH]ccc4c23)C1. The summed E-state index contributed by atoms with van der Waals surface area (Å²) in [6.45, 7) is 7.49. The normalized spacial score (nSPS) is 18.8. The Bertz CT molecular complexity index is 940. The summed E-state index contributed by atoms with van der Waals surface area (Å²) in [7, 11) is 0. The molecule has 0 aromatic carbocycles. The number of carbonyl (C=O) groups excluding carboxylic acids is 1. The maximum absolute atomic E-state index is 12.7. The van der Waals surface area contributed by atoms with Gasteiger partial charge in [-0.3, -0.25) is 4.79 Å². The highest BCUT2D eigenvalue weighted by atomic mass is 16.2. The second kappa shape index (κ2) is 5.79. The second-order valence-electron chi connectivity index (χ2n) is 7.86. The summed E-state index contributed by atoms with van der Waals surface area (Å²) in [5.74, 6) is 0.440. The van der Waals surface area contributed by atoms with Crippen molar-refractivity contribution in [3.63, 3.8) is 0 Å². The summed E-state index contributed by atoms with van der Waals surface area (Å²) < 4.78 is 0. The van der Waals surface area contributed by atoms with E-state index in [2.05, 4.69) is 19.9 Å². The van der Waals surface area contributed by atoms with E-state index in [0.717, 1.165) is 53.6 Å². The van der Waals surface area contributed by atoms with Crippen LogP contribution >= 0.6 is 0 Å². The van der Waals surface area contributed by atoms with E-state index >= 15 is 0 Å². The van der Waals surface area contributed by atoms with E-state index in [1.807, 2.05) is 37.9 Å². The van der Waals surface area contributed by atoms with Gasteiger partial charge in [0.05, 0.1) is 17.4 Å². The Labute approximate surface area is 146 Å². The van der Waals surface area contributed by atoms with Crippen molar-refractivity contribution in [1.29, 1.82) is 0 Å². The highest BCUT2D eigenvalue weighted by Gasteiger charge is 2.32. The molecule has 4 heterocycles. The lowest BCUT2D eigenvalue weighted by Crippen LogP contribution is -2.44. The first kappa shape index (κ1) is 16.0. The number of fused-ring (bicyclic) bond motifs is 3. The van der Waals surface area contributed by atoms with Crippen LogP contribution in [0, 0.1) is 5.41 Å². The van der Waals surface area contributed by atoms with Crippen LogP contribution in [0.25, 0.3) is 21.9 Å². The quantitative estimate of drug-likeness (QED) is 0.739. The average Bonchev–Trinajstić information content (AvgIpc) is 3.09. The number of aromatic amines is 1. The van der Waals surface area contributed by atoms with Crippen molar-refractivity contribution in [1.82, 2.24) is 24.8 Å². The molecule has 1 aliphatic rings. The van der Waals surface area contributed by atoms with Gasteiger partial charge in [-0.15, -0.1) is 0 Å². The van der Waals surface area contributed by atoms with Gasteiger partial charge in [-0.25, -0.2) is 15.0 Å². The van der Waals surface area contributed by atoms with Crippen molar-refractivity contribution in [3.05, 3.63) is 30.5 Å². The third kappa shape index (κ3) is 2.75. The number of amides is 1. The number of likely N-dealkylation sites (tertiary alicyclic amines) is 1. The lowest BCUT2D eigenvalue weighted by atomic mass is 9.88. The van der Waals surface area contributed by atoms with Crippen LogP contribution in [0.4, 0.5) is 0 Å². The fourth-order valence-electron chi connectivity index (χ4n) is 3.75. The van der Waals surface area contributed by atoms with Gasteiger partial charge in [0.2, 0.25) is 5.91 Å². The predicted octanol–water partition coefficient (Wildman–Crippen LogP) is 3.26. The fourth-order valence-corrected chi connectivity index (χ4v) is 3.75. The predicted molar refractivity (Wildman–Crippen MR) is 97.2 cm³/mol. The number of nitrogens with zero attached hydrogens (tertiary/aromatic N) is 4. The van der Waals surface area contributed by atoms with Gasteiger partial charge in [-0.05, 0) is 18.9 Å². The summed E-state index contributed by atoms with van der Waals surface area (Å²) in [5, 5.41) is 2.11. The van der Waals surface area contributed by atoms with Crippen LogP contribution in [-0.4, -0.2) is 43.8 Å². The molecule has 0 aliphatic carbocycles. The van der Waals surface area contributed by atoms with Crippen LogP contribution in [-0.2, 0) is 4.79 Å². The van der Waals surface area contributed by atoms with E-state index in [1.54, 1.807) is 12.5 Å². The number of rotatable bonds is 1. The molecule has 4 rings (SSSR count). The van der Waals surface area contributed by atoms with Crippen molar-refractivity contribution < 1.29 is 4.79 Å². The molecule has 0 saturated carbocycles. The molecule has 1 N–H and O–H groups in total. The lowest BCUT2D eigenvalue weighted by molar-refractivity contribution is -0.140. The van der Waals surface area contributed by atoms with Gasteiger partial charge >= 0.3 is 0 Å². The number of hydrogen-bond acceptors (Lipinski definition) is 4. The number of hydrogen-bond donors (Lipinski definition) is 1. The Kier molecular flexibility index (Phi) is 3.71. The number of carbonyl (C=O) groups is 1. The molecule has 3 aromatic heterocycles. The van der Waals surface area contributed by atoms with E-state index in [-0.39, 0.29) is 17.2 Å². The highest BCUT2D eigenvalue weighted by Crippen LogP contribution is 2.34. The fraction of sp³-hybridized carbons (Fsp3) is 0.474. The van der Waals surface area contributed by atoms with Crippen LogP contribution in [0.5, 0.6) is 0 Å². The Morgan fingerprint density at radius 1 is 1.28 bits per heavy atom. The molecule has 1 atom stereocenters. The number of nitrogens with one attached hydrogen (secondary N) is 1. The maximum Gasteiger partial charge on any atom is 0.227 e. The molecule has 1 aliphatic heterocycles. The minimum atomic E-state index is -0.354. The van der Waals surface area contributed by atoms with Crippen molar-refractivity contribution >= 4 is 27.8 Å². The monoisotopic (exact) mass is 337 g/mol. The zero-order valence-corrected chi connectivity index (χ0v) is 14.9. The summed E-state index contributed by atoms with van der Waals surface area (Å²) >= 11 is 0. The first-order valence-corrected chi connectivity index (χ1v) is 8.81. The Morgan fingerprint density at radius 2 is 2.12 bits per heavy atom. The van der Waals surface area contributed by atoms with Gasteiger partial charge < -0.3 is 9.88 Å². The molecule has 6 nitrogen and oxygen atoms in total. The van der Waals surface area contributed by atoms with Crippen LogP contribution in [0.2, 0.25) is 0 Å². The summed E-state index contributed by atoms with van der Waals surface area (Å²) in [5.41, 5.74) is 2.38. The first-order chi connectivity index (χ1) is 11.9. The summed E-state index contributed by atoms with van der Waals surface area (Å²) in [6.07, 6.45) is 7.33. The number of pyridine rings is 1. The zero-order valence-electron chi connectivity index (χ0n) is 14.9. The molecule has 6 heteroatoms. The average molecular weight is 337 g/mol. The maximum atomic E-state index is 12.7. The number of H-pyrrole nitrogens is 1. The van der Waals surface area contributed by atoms with Crippen LogP contribution in [0.1, 0.15) is 45.2 Å².